The molecule has 2 aromatic carbocycles. The van der Waals surface area contributed by atoms with Crippen LogP contribution in [0.1, 0.15) is 16.8 Å². The van der Waals surface area contributed by atoms with E-state index in [2.05, 4.69) is 41.1 Å². The molecule has 4 N–H and O–H groups in total. The number of amidine groups is 1. The smallest absolute Gasteiger partial charge is 0.199 e. The van der Waals surface area contributed by atoms with Crippen LogP contribution in [-0.2, 0) is 6.61 Å². The molecule has 0 aliphatic rings. The second kappa shape index (κ2) is 9.00. The summed E-state index contributed by atoms with van der Waals surface area (Å²) in [5.41, 5.74) is 13.2. The molecule has 28 heavy (non-hydrogen) atoms. The molecule has 1 heterocycles. The van der Waals surface area contributed by atoms with Crippen LogP contribution in [-0.4, -0.2) is 29.5 Å². The van der Waals surface area contributed by atoms with Gasteiger partial charge in [0.25, 0.3) is 0 Å². The van der Waals surface area contributed by atoms with Crippen molar-refractivity contribution in [2.24, 2.45) is 15.9 Å². The summed E-state index contributed by atoms with van der Waals surface area (Å²) in [6, 6.07) is 13.3. The van der Waals surface area contributed by atoms with Gasteiger partial charge in [-0.3, -0.25) is 0 Å². The monoisotopic (exact) mass is 444 g/mol. The number of benzene rings is 2. The lowest BCUT2D eigenvalue weighted by Crippen LogP contribution is -2.15. The number of nitrogens with zero attached hydrogens (tertiary/aromatic N) is 4. The van der Waals surface area contributed by atoms with Crippen molar-refractivity contribution < 1.29 is 14.1 Å². The van der Waals surface area contributed by atoms with Crippen molar-refractivity contribution in [2.75, 3.05) is 12.8 Å². The van der Waals surface area contributed by atoms with Gasteiger partial charge in [-0.25, -0.2) is 4.63 Å². The van der Waals surface area contributed by atoms with Gasteiger partial charge in [0.1, 0.15) is 6.61 Å². The lowest BCUT2D eigenvalue weighted by atomic mass is 10.2. The minimum atomic E-state index is -0.0183. The van der Waals surface area contributed by atoms with Gasteiger partial charge in [-0.1, -0.05) is 34.1 Å². The number of para-hydroxylation sites is 1. The van der Waals surface area contributed by atoms with Crippen molar-refractivity contribution in [3.63, 3.8) is 0 Å². The van der Waals surface area contributed by atoms with Gasteiger partial charge >= 0.3 is 0 Å². The van der Waals surface area contributed by atoms with E-state index < -0.39 is 0 Å². The van der Waals surface area contributed by atoms with Gasteiger partial charge in [-0.2, -0.15) is 5.10 Å². The van der Waals surface area contributed by atoms with Gasteiger partial charge in [-0.15, -0.1) is 5.10 Å². The molecule has 0 saturated carbocycles. The van der Waals surface area contributed by atoms with E-state index in [0.717, 1.165) is 10.0 Å². The summed E-state index contributed by atoms with van der Waals surface area (Å²) in [6.45, 7) is 0.362. The number of nitrogens with two attached hydrogens (primary N) is 2. The second-order valence-electron chi connectivity index (χ2n) is 5.52. The fraction of sp³-hybridized carbons (Fsp3) is 0.111. The van der Waals surface area contributed by atoms with Crippen LogP contribution in [0.25, 0.3) is 0 Å². The lowest BCUT2D eigenvalue weighted by Gasteiger charge is -2.13. The number of ether oxygens (including phenoxy) is 2. The Kier molecular flexibility index (Phi) is 6.22. The maximum atomic E-state index is 5.97. The van der Waals surface area contributed by atoms with Gasteiger partial charge in [-0.05, 0) is 40.1 Å². The topological polar surface area (TPSA) is 134 Å². The van der Waals surface area contributed by atoms with Crippen LogP contribution in [0, 0.1) is 0 Å². The molecule has 0 atom stereocenters. The van der Waals surface area contributed by atoms with Crippen molar-refractivity contribution in [3.05, 3.63) is 63.8 Å². The van der Waals surface area contributed by atoms with Crippen LogP contribution in [0.15, 0.2) is 61.8 Å². The van der Waals surface area contributed by atoms with Gasteiger partial charge in [0, 0.05) is 10.0 Å². The molecule has 0 aliphatic heterocycles. The Labute approximate surface area is 169 Å². The molecule has 0 unspecified atom stereocenters. The third-order valence-electron chi connectivity index (χ3n) is 3.64. The Morgan fingerprint density at radius 1 is 1.21 bits per heavy atom. The minimum Gasteiger partial charge on any atom is -0.493 e. The zero-order valence-electron chi connectivity index (χ0n) is 14.9. The van der Waals surface area contributed by atoms with Crippen molar-refractivity contribution in [2.45, 2.75) is 6.61 Å². The summed E-state index contributed by atoms with van der Waals surface area (Å²) in [6.07, 6.45) is 1.50. The summed E-state index contributed by atoms with van der Waals surface area (Å²) in [4.78, 5) is 0. The van der Waals surface area contributed by atoms with E-state index in [0.29, 0.717) is 23.7 Å². The van der Waals surface area contributed by atoms with Gasteiger partial charge in [0.15, 0.2) is 28.8 Å². The normalized spacial score (nSPS) is 11.7. The number of rotatable bonds is 7. The Morgan fingerprint density at radius 3 is 2.68 bits per heavy atom. The molecule has 1 aromatic heterocycles. The number of methoxy groups -OCH3 is 1. The Hall–Kier alpha value is -3.40. The predicted octanol–water partition coefficient (Wildman–Crippen LogP) is 2.74. The Morgan fingerprint density at radius 2 is 2.00 bits per heavy atom. The van der Waals surface area contributed by atoms with E-state index in [1.54, 1.807) is 13.2 Å². The van der Waals surface area contributed by atoms with Gasteiger partial charge in [0.05, 0.1) is 13.3 Å². The third kappa shape index (κ3) is 4.65. The fourth-order valence-corrected chi connectivity index (χ4v) is 2.52. The van der Waals surface area contributed by atoms with E-state index in [1.165, 1.54) is 6.21 Å². The maximum absolute atomic E-state index is 5.97. The van der Waals surface area contributed by atoms with E-state index in [-0.39, 0.29) is 17.3 Å². The molecule has 3 rings (SSSR count). The summed E-state index contributed by atoms with van der Waals surface area (Å²) in [5, 5.41) is 14.8. The molecule has 0 saturated heterocycles. The number of halogens is 1. The molecule has 0 bridgehead atoms. The summed E-state index contributed by atoms with van der Waals surface area (Å²) < 4.78 is 16.8. The minimum absolute atomic E-state index is 0.0183. The van der Waals surface area contributed by atoms with Crippen LogP contribution in [0.2, 0.25) is 0 Å². The van der Waals surface area contributed by atoms with Crippen LogP contribution >= 0.6 is 15.9 Å². The first kappa shape index (κ1) is 19.4. The molecule has 10 heteroatoms. The first-order chi connectivity index (χ1) is 13.6. The van der Waals surface area contributed by atoms with Gasteiger partial charge in [0.2, 0.25) is 0 Å². The van der Waals surface area contributed by atoms with Crippen molar-refractivity contribution >= 4 is 33.8 Å². The molecule has 144 valence electrons. The highest BCUT2D eigenvalue weighted by atomic mass is 79.9. The average Bonchev–Trinajstić information content (AvgIpc) is 3.14. The molecule has 0 radical (unpaired) electrons. The summed E-state index contributed by atoms with van der Waals surface area (Å²) >= 11 is 3.41. The second-order valence-corrected chi connectivity index (χ2v) is 6.44. The maximum Gasteiger partial charge on any atom is 0.199 e. The van der Waals surface area contributed by atoms with Crippen LogP contribution < -0.4 is 20.9 Å². The highest BCUT2D eigenvalue weighted by Gasteiger charge is 2.11. The zero-order valence-corrected chi connectivity index (χ0v) is 16.5. The molecule has 3 aromatic rings. The van der Waals surface area contributed by atoms with Crippen molar-refractivity contribution in [3.8, 4) is 11.5 Å². The zero-order chi connectivity index (χ0) is 19.9. The molecule has 9 nitrogen and oxygen atoms in total. The number of hydrogen-bond donors (Lipinski definition) is 2. The van der Waals surface area contributed by atoms with E-state index in [1.807, 2.05) is 36.4 Å². The highest BCUT2D eigenvalue weighted by molar-refractivity contribution is 9.10. The third-order valence-corrected chi connectivity index (χ3v) is 4.17. The summed E-state index contributed by atoms with van der Waals surface area (Å²) in [5.74, 6) is 1.13. The molecule has 0 spiro atoms. The molecule has 0 amide bonds. The van der Waals surface area contributed by atoms with E-state index in [4.69, 9.17) is 20.9 Å². The molecular formula is C18H17BrN6O3. The standard InChI is InChI=1S/C18H17BrN6O3/c1-26-14-4-2-3-12(9-22-23-17(20)15-18(21)25-28-24-15)16(14)27-10-11-5-7-13(19)8-6-11/h2-9H,10H2,1H3,(H2,20,23)(H2,21,25). The van der Waals surface area contributed by atoms with Crippen LogP contribution in [0.4, 0.5) is 5.82 Å². The molecule has 0 aliphatic carbocycles. The largest absolute Gasteiger partial charge is 0.493 e. The average molecular weight is 445 g/mol. The van der Waals surface area contributed by atoms with Crippen molar-refractivity contribution in [1.82, 2.24) is 10.3 Å². The molecule has 0 fully saturated rings. The Balaban J connectivity index is 1.80. The van der Waals surface area contributed by atoms with Crippen LogP contribution in [0.3, 0.4) is 0 Å². The SMILES string of the molecule is COc1cccc(C=NN=C(N)c2nonc2N)c1OCc1ccc(Br)cc1. The highest BCUT2D eigenvalue weighted by Crippen LogP contribution is 2.31. The first-order valence-electron chi connectivity index (χ1n) is 8.07. The Bertz CT molecular complexity index is 1000. The molecular weight excluding hydrogens is 428 g/mol. The van der Waals surface area contributed by atoms with Crippen LogP contribution in [0.5, 0.6) is 11.5 Å². The van der Waals surface area contributed by atoms with Crippen molar-refractivity contribution in [1.29, 1.82) is 0 Å². The van der Waals surface area contributed by atoms with E-state index >= 15 is 0 Å². The fourth-order valence-electron chi connectivity index (χ4n) is 2.26. The summed E-state index contributed by atoms with van der Waals surface area (Å²) in [7, 11) is 1.57. The first-order valence-corrected chi connectivity index (χ1v) is 8.87. The lowest BCUT2D eigenvalue weighted by molar-refractivity contribution is 0.284. The number of aromatic nitrogens is 2. The number of nitrogen functional groups attached to an aromatic ring is 1. The quantitative estimate of drug-likeness (QED) is 0.324. The van der Waals surface area contributed by atoms with Gasteiger partial charge < -0.3 is 20.9 Å². The predicted molar refractivity (Wildman–Crippen MR) is 108 cm³/mol. The number of hydrogen-bond acceptors (Lipinski definition) is 8. The number of anilines is 1. The van der Waals surface area contributed by atoms with E-state index in [9.17, 15) is 0 Å².